The molecule has 4 rings (SSSR count). The van der Waals surface area contributed by atoms with Crippen LogP contribution in [0.1, 0.15) is 19.3 Å². The molecule has 3 atom stereocenters. The van der Waals surface area contributed by atoms with Crippen molar-refractivity contribution in [1.29, 1.82) is 0 Å². The van der Waals surface area contributed by atoms with Gasteiger partial charge in [-0.3, -0.25) is 9.63 Å². The summed E-state index contributed by atoms with van der Waals surface area (Å²) in [7, 11) is 0. The van der Waals surface area contributed by atoms with Crippen molar-refractivity contribution in [2.45, 2.75) is 25.4 Å². The molecule has 1 aromatic rings. The van der Waals surface area contributed by atoms with Gasteiger partial charge in [0.2, 0.25) is 11.9 Å². The molecule has 0 saturated carbocycles. The minimum absolute atomic E-state index is 0.0627. The Hall–Kier alpha value is -1.80. The van der Waals surface area contributed by atoms with E-state index in [1.54, 1.807) is 0 Å². The van der Waals surface area contributed by atoms with Gasteiger partial charge in [0.25, 0.3) is 0 Å². The summed E-state index contributed by atoms with van der Waals surface area (Å²) in [5.74, 6) is 0.0912. The molecule has 7 nitrogen and oxygen atoms in total. The molecule has 0 bridgehead atoms. The van der Waals surface area contributed by atoms with E-state index in [-0.39, 0.29) is 23.8 Å². The quantitative estimate of drug-likeness (QED) is 0.803. The van der Waals surface area contributed by atoms with Gasteiger partial charge in [-0.05, 0) is 19.3 Å². The molecule has 0 aromatic carbocycles. The Morgan fingerprint density at radius 1 is 1.21 bits per heavy atom. The largest absolute Gasteiger partial charge is 0.378 e. The second-order valence-electron chi connectivity index (χ2n) is 6.53. The number of fused-ring (bicyclic) bond motifs is 1. The Morgan fingerprint density at radius 3 is 2.79 bits per heavy atom. The number of piperidine rings is 1. The highest BCUT2D eigenvalue weighted by Gasteiger charge is 2.44. The SMILES string of the molecule is O=C([C@@H]1CCO[C@@H]2CCN(c3ncc(F)cn3)C[C@@H]21)N1CCCO1. The van der Waals surface area contributed by atoms with Crippen LogP contribution in [0.4, 0.5) is 10.3 Å². The van der Waals surface area contributed by atoms with E-state index in [1.165, 1.54) is 17.5 Å². The lowest BCUT2D eigenvalue weighted by molar-refractivity contribution is -0.182. The minimum atomic E-state index is -0.450. The Balaban J connectivity index is 1.50. The van der Waals surface area contributed by atoms with E-state index in [1.807, 2.05) is 4.90 Å². The molecule has 3 saturated heterocycles. The number of ether oxygens (including phenoxy) is 1. The van der Waals surface area contributed by atoms with Gasteiger partial charge in [-0.15, -0.1) is 0 Å². The molecule has 24 heavy (non-hydrogen) atoms. The van der Waals surface area contributed by atoms with Gasteiger partial charge in [0.05, 0.1) is 31.6 Å². The summed E-state index contributed by atoms with van der Waals surface area (Å²) >= 11 is 0. The van der Waals surface area contributed by atoms with E-state index in [4.69, 9.17) is 9.57 Å². The first-order valence-corrected chi connectivity index (χ1v) is 8.51. The molecule has 0 unspecified atom stereocenters. The van der Waals surface area contributed by atoms with Gasteiger partial charge < -0.3 is 9.64 Å². The molecule has 3 fully saturated rings. The molecule has 3 aliphatic rings. The maximum absolute atomic E-state index is 13.0. The summed E-state index contributed by atoms with van der Waals surface area (Å²) < 4.78 is 18.9. The number of carbonyl (C=O) groups excluding carboxylic acids is 1. The maximum atomic E-state index is 13.0. The van der Waals surface area contributed by atoms with E-state index in [0.717, 1.165) is 19.4 Å². The number of nitrogens with zero attached hydrogens (tertiary/aromatic N) is 4. The van der Waals surface area contributed by atoms with Crippen molar-refractivity contribution in [3.63, 3.8) is 0 Å². The van der Waals surface area contributed by atoms with Crippen LogP contribution >= 0.6 is 0 Å². The molecule has 3 aliphatic heterocycles. The number of amides is 1. The molecule has 0 aliphatic carbocycles. The van der Waals surface area contributed by atoms with Crippen LogP contribution in [0.15, 0.2) is 12.4 Å². The number of hydroxylamine groups is 2. The number of halogens is 1. The molecule has 4 heterocycles. The van der Waals surface area contributed by atoms with Gasteiger partial charge in [0.1, 0.15) is 0 Å². The zero-order valence-electron chi connectivity index (χ0n) is 13.4. The average Bonchev–Trinajstić information content (AvgIpc) is 3.15. The average molecular weight is 336 g/mol. The van der Waals surface area contributed by atoms with Crippen LogP contribution in [0, 0.1) is 17.7 Å². The lowest BCUT2D eigenvalue weighted by atomic mass is 9.79. The van der Waals surface area contributed by atoms with Crippen molar-refractivity contribution in [2.24, 2.45) is 11.8 Å². The Labute approximate surface area is 139 Å². The van der Waals surface area contributed by atoms with Crippen molar-refractivity contribution < 1.29 is 18.8 Å². The third-order valence-corrected chi connectivity index (χ3v) is 5.08. The second-order valence-corrected chi connectivity index (χ2v) is 6.53. The third kappa shape index (κ3) is 2.95. The lowest BCUT2D eigenvalue weighted by Gasteiger charge is -2.44. The fraction of sp³-hybridized carbons (Fsp3) is 0.688. The summed E-state index contributed by atoms with van der Waals surface area (Å²) in [6.07, 6.45) is 4.83. The van der Waals surface area contributed by atoms with E-state index in [9.17, 15) is 9.18 Å². The number of aromatic nitrogens is 2. The Bertz CT molecular complexity index is 593. The first-order chi connectivity index (χ1) is 11.7. The standard InChI is InChI=1S/C16H21FN4O3/c17-11-8-18-16(19-9-11)20-5-2-14-13(10-20)12(3-7-23-14)15(22)21-4-1-6-24-21/h8-9,12-14H,1-7,10H2/t12-,13-,14-/m1/s1. The van der Waals surface area contributed by atoms with Crippen LogP contribution in [0.3, 0.4) is 0 Å². The van der Waals surface area contributed by atoms with Crippen LogP contribution < -0.4 is 4.90 Å². The first-order valence-electron chi connectivity index (χ1n) is 8.51. The summed E-state index contributed by atoms with van der Waals surface area (Å²) in [5, 5.41) is 1.51. The fourth-order valence-corrected chi connectivity index (χ4v) is 3.88. The van der Waals surface area contributed by atoms with E-state index in [0.29, 0.717) is 38.7 Å². The van der Waals surface area contributed by atoms with E-state index < -0.39 is 5.82 Å². The van der Waals surface area contributed by atoms with Crippen molar-refractivity contribution in [2.75, 3.05) is 37.7 Å². The number of rotatable bonds is 2. The molecule has 0 N–H and O–H groups in total. The topological polar surface area (TPSA) is 67.8 Å². The predicted octanol–water partition coefficient (Wildman–Crippen LogP) is 1.01. The molecule has 130 valence electrons. The van der Waals surface area contributed by atoms with Gasteiger partial charge in [-0.2, -0.15) is 0 Å². The van der Waals surface area contributed by atoms with Gasteiger partial charge in [-0.25, -0.2) is 19.4 Å². The summed E-state index contributed by atoms with van der Waals surface area (Å²) in [6, 6.07) is 0. The van der Waals surface area contributed by atoms with Crippen molar-refractivity contribution in [1.82, 2.24) is 15.0 Å². The molecule has 1 amide bonds. The molecule has 1 aromatic heterocycles. The molecule has 8 heteroatoms. The minimum Gasteiger partial charge on any atom is -0.378 e. The highest BCUT2D eigenvalue weighted by molar-refractivity contribution is 5.78. The van der Waals surface area contributed by atoms with Crippen molar-refractivity contribution >= 4 is 11.9 Å². The van der Waals surface area contributed by atoms with E-state index in [2.05, 4.69) is 9.97 Å². The van der Waals surface area contributed by atoms with Gasteiger partial charge in [-0.1, -0.05) is 0 Å². The summed E-state index contributed by atoms with van der Waals surface area (Å²) in [5.41, 5.74) is 0. The van der Waals surface area contributed by atoms with Crippen molar-refractivity contribution in [3.8, 4) is 0 Å². The van der Waals surface area contributed by atoms with Crippen LogP contribution in [0.5, 0.6) is 0 Å². The van der Waals surface area contributed by atoms with Crippen LogP contribution in [-0.4, -0.2) is 59.9 Å². The summed E-state index contributed by atoms with van der Waals surface area (Å²) in [4.78, 5) is 28.4. The molecular formula is C16H21FN4O3. The van der Waals surface area contributed by atoms with E-state index >= 15 is 0 Å². The maximum Gasteiger partial charge on any atom is 0.249 e. The molecular weight excluding hydrogens is 315 g/mol. The zero-order valence-corrected chi connectivity index (χ0v) is 13.4. The molecule has 0 spiro atoms. The predicted molar refractivity (Wildman–Crippen MR) is 82.4 cm³/mol. The number of carbonyl (C=O) groups is 1. The van der Waals surface area contributed by atoms with Gasteiger partial charge in [0.15, 0.2) is 5.82 Å². The van der Waals surface area contributed by atoms with Crippen LogP contribution in [-0.2, 0) is 14.4 Å². The third-order valence-electron chi connectivity index (χ3n) is 5.08. The summed E-state index contributed by atoms with van der Waals surface area (Å²) in [6.45, 7) is 3.27. The van der Waals surface area contributed by atoms with Gasteiger partial charge in [0, 0.05) is 31.5 Å². The zero-order chi connectivity index (χ0) is 16.5. The monoisotopic (exact) mass is 336 g/mol. The Morgan fingerprint density at radius 2 is 2.04 bits per heavy atom. The van der Waals surface area contributed by atoms with Crippen LogP contribution in [0.2, 0.25) is 0 Å². The number of hydrogen-bond acceptors (Lipinski definition) is 6. The lowest BCUT2D eigenvalue weighted by Crippen LogP contribution is -2.54. The number of hydrogen-bond donors (Lipinski definition) is 0. The number of anilines is 1. The fourth-order valence-electron chi connectivity index (χ4n) is 3.88. The van der Waals surface area contributed by atoms with Crippen LogP contribution in [0.25, 0.3) is 0 Å². The second kappa shape index (κ2) is 6.60. The normalized spacial score (nSPS) is 30.3. The van der Waals surface area contributed by atoms with Crippen molar-refractivity contribution in [3.05, 3.63) is 18.2 Å². The Kier molecular flexibility index (Phi) is 4.32. The highest BCUT2D eigenvalue weighted by Crippen LogP contribution is 2.35. The first kappa shape index (κ1) is 15.7. The highest BCUT2D eigenvalue weighted by atomic mass is 19.1. The smallest absolute Gasteiger partial charge is 0.249 e. The van der Waals surface area contributed by atoms with Gasteiger partial charge >= 0.3 is 0 Å². The molecule has 0 radical (unpaired) electrons.